The summed E-state index contributed by atoms with van der Waals surface area (Å²) in [5.74, 6) is 0. The highest BCUT2D eigenvalue weighted by Gasteiger charge is 2.03. The third-order valence-corrected chi connectivity index (χ3v) is 3.72. The standard InChI is InChI=1S/C13H11ClN2OS/c14-12-2-1-9(7-17)4-13(12)16-6-11-3-10(5-15)8-18-11/h1-4,8,16-17H,6-7H2. The summed E-state index contributed by atoms with van der Waals surface area (Å²) in [6.45, 7) is 0.602. The molecule has 0 saturated carbocycles. The van der Waals surface area contributed by atoms with Crippen LogP contribution in [0.3, 0.4) is 0 Å². The van der Waals surface area contributed by atoms with Crippen LogP contribution in [-0.4, -0.2) is 5.11 Å². The van der Waals surface area contributed by atoms with Gasteiger partial charge in [-0.2, -0.15) is 5.26 Å². The van der Waals surface area contributed by atoms with Crippen molar-refractivity contribution in [3.8, 4) is 6.07 Å². The van der Waals surface area contributed by atoms with Crippen LogP contribution in [-0.2, 0) is 13.2 Å². The minimum Gasteiger partial charge on any atom is -0.392 e. The molecule has 0 unspecified atom stereocenters. The average molecular weight is 279 g/mol. The number of nitrogens with one attached hydrogen (secondary N) is 1. The Labute approximate surface area is 114 Å². The van der Waals surface area contributed by atoms with Gasteiger partial charge >= 0.3 is 0 Å². The van der Waals surface area contributed by atoms with Crippen LogP contribution in [0.2, 0.25) is 5.02 Å². The minimum atomic E-state index is -0.0105. The number of nitriles is 1. The number of hydrogen-bond acceptors (Lipinski definition) is 4. The summed E-state index contributed by atoms with van der Waals surface area (Å²) in [6, 6.07) is 9.31. The lowest BCUT2D eigenvalue weighted by Crippen LogP contribution is -1.99. The zero-order chi connectivity index (χ0) is 13.0. The number of anilines is 1. The average Bonchev–Trinajstić information content (AvgIpc) is 2.86. The number of aliphatic hydroxyl groups excluding tert-OH is 1. The molecule has 0 amide bonds. The Bertz CT molecular complexity index is 589. The fourth-order valence-electron chi connectivity index (χ4n) is 1.52. The predicted octanol–water partition coefficient (Wildman–Crippen LogP) is 3.38. The van der Waals surface area contributed by atoms with Crippen molar-refractivity contribution in [2.75, 3.05) is 5.32 Å². The van der Waals surface area contributed by atoms with Crippen molar-refractivity contribution in [1.82, 2.24) is 0 Å². The molecule has 0 aliphatic heterocycles. The van der Waals surface area contributed by atoms with Crippen molar-refractivity contribution < 1.29 is 5.11 Å². The predicted molar refractivity (Wildman–Crippen MR) is 73.7 cm³/mol. The Morgan fingerprint density at radius 3 is 2.89 bits per heavy atom. The van der Waals surface area contributed by atoms with Crippen molar-refractivity contribution in [3.05, 3.63) is 50.7 Å². The van der Waals surface area contributed by atoms with Crippen molar-refractivity contribution in [2.24, 2.45) is 0 Å². The van der Waals surface area contributed by atoms with Gasteiger partial charge in [-0.25, -0.2) is 0 Å². The highest BCUT2D eigenvalue weighted by Crippen LogP contribution is 2.24. The maximum absolute atomic E-state index is 9.07. The molecule has 0 aliphatic carbocycles. The molecule has 0 fully saturated rings. The molecule has 5 heteroatoms. The molecule has 2 aromatic rings. The molecule has 92 valence electrons. The maximum Gasteiger partial charge on any atom is 0.100 e. The molecule has 0 saturated heterocycles. The lowest BCUT2D eigenvalue weighted by molar-refractivity contribution is 0.282. The Kier molecular flexibility index (Phi) is 4.21. The van der Waals surface area contributed by atoms with Gasteiger partial charge in [-0.15, -0.1) is 11.3 Å². The van der Waals surface area contributed by atoms with Crippen molar-refractivity contribution in [1.29, 1.82) is 5.26 Å². The summed E-state index contributed by atoms with van der Waals surface area (Å²) in [7, 11) is 0. The number of rotatable bonds is 4. The van der Waals surface area contributed by atoms with E-state index in [1.54, 1.807) is 12.1 Å². The van der Waals surface area contributed by atoms with Gasteiger partial charge in [-0.1, -0.05) is 17.7 Å². The fourth-order valence-corrected chi connectivity index (χ4v) is 2.45. The maximum atomic E-state index is 9.07. The summed E-state index contributed by atoms with van der Waals surface area (Å²) in [5, 5.41) is 23.4. The first-order chi connectivity index (χ1) is 8.72. The molecule has 2 rings (SSSR count). The zero-order valence-corrected chi connectivity index (χ0v) is 11.1. The van der Waals surface area contributed by atoms with E-state index in [9.17, 15) is 0 Å². The number of hydrogen-bond donors (Lipinski definition) is 2. The molecule has 1 aromatic heterocycles. The fraction of sp³-hybridized carbons (Fsp3) is 0.154. The van der Waals surface area contributed by atoms with Gasteiger partial charge in [0, 0.05) is 16.8 Å². The van der Waals surface area contributed by atoms with E-state index in [-0.39, 0.29) is 6.61 Å². The van der Waals surface area contributed by atoms with Gasteiger partial charge in [-0.3, -0.25) is 0 Å². The second-order valence-electron chi connectivity index (χ2n) is 3.74. The largest absolute Gasteiger partial charge is 0.392 e. The van der Waals surface area contributed by atoms with Crippen molar-refractivity contribution >= 4 is 28.6 Å². The SMILES string of the molecule is N#Cc1csc(CNc2cc(CO)ccc2Cl)c1. The molecule has 1 heterocycles. The van der Waals surface area contributed by atoms with E-state index >= 15 is 0 Å². The van der Waals surface area contributed by atoms with Crippen molar-refractivity contribution in [3.63, 3.8) is 0 Å². The van der Waals surface area contributed by atoms with Crippen LogP contribution in [0.25, 0.3) is 0 Å². The van der Waals surface area contributed by atoms with Gasteiger partial charge in [-0.05, 0) is 23.8 Å². The smallest absolute Gasteiger partial charge is 0.100 e. The quantitative estimate of drug-likeness (QED) is 0.901. The van der Waals surface area contributed by atoms with Crippen LogP contribution in [0, 0.1) is 11.3 Å². The van der Waals surface area contributed by atoms with Gasteiger partial charge < -0.3 is 10.4 Å². The topological polar surface area (TPSA) is 56.0 Å². The summed E-state index contributed by atoms with van der Waals surface area (Å²) in [5.41, 5.74) is 2.27. The molecular weight excluding hydrogens is 268 g/mol. The number of benzene rings is 1. The molecule has 3 nitrogen and oxygen atoms in total. The lowest BCUT2D eigenvalue weighted by atomic mass is 10.2. The number of aliphatic hydroxyl groups is 1. The van der Waals surface area contributed by atoms with Gasteiger partial charge in [0.15, 0.2) is 0 Å². The van der Waals surface area contributed by atoms with Crippen molar-refractivity contribution in [2.45, 2.75) is 13.2 Å². The monoisotopic (exact) mass is 278 g/mol. The Hall–Kier alpha value is -1.54. The third-order valence-electron chi connectivity index (χ3n) is 2.45. The molecule has 0 bridgehead atoms. The highest BCUT2D eigenvalue weighted by atomic mass is 35.5. The molecular formula is C13H11ClN2OS. The van der Waals surface area contributed by atoms with E-state index in [0.29, 0.717) is 17.1 Å². The van der Waals surface area contributed by atoms with Gasteiger partial charge in [0.2, 0.25) is 0 Å². The van der Waals surface area contributed by atoms with E-state index in [1.165, 1.54) is 11.3 Å². The molecule has 0 atom stereocenters. The van der Waals surface area contributed by atoms with Gasteiger partial charge in [0.1, 0.15) is 6.07 Å². The zero-order valence-electron chi connectivity index (χ0n) is 9.48. The highest BCUT2D eigenvalue weighted by molar-refractivity contribution is 7.10. The van der Waals surface area contributed by atoms with E-state index in [1.807, 2.05) is 17.5 Å². The Morgan fingerprint density at radius 1 is 1.39 bits per heavy atom. The first-order valence-electron chi connectivity index (χ1n) is 5.33. The third kappa shape index (κ3) is 3.02. The number of halogens is 1. The van der Waals surface area contributed by atoms with Crippen LogP contribution >= 0.6 is 22.9 Å². The molecule has 0 radical (unpaired) electrons. The first kappa shape index (κ1) is 12.9. The molecule has 2 N–H and O–H groups in total. The Morgan fingerprint density at radius 2 is 2.22 bits per heavy atom. The molecule has 18 heavy (non-hydrogen) atoms. The lowest BCUT2D eigenvalue weighted by Gasteiger charge is -2.08. The van der Waals surface area contributed by atoms with E-state index in [0.717, 1.165) is 16.1 Å². The van der Waals surface area contributed by atoms with Crippen LogP contribution < -0.4 is 5.32 Å². The van der Waals surface area contributed by atoms with Crippen LogP contribution in [0.5, 0.6) is 0 Å². The van der Waals surface area contributed by atoms with Gasteiger partial charge in [0.05, 0.1) is 22.9 Å². The summed E-state index contributed by atoms with van der Waals surface area (Å²) in [6.07, 6.45) is 0. The summed E-state index contributed by atoms with van der Waals surface area (Å²) >= 11 is 7.59. The second kappa shape index (κ2) is 5.87. The van der Waals surface area contributed by atoms with Gasteiger partial charge in [0.25, 0.3) is 0 Å². The first-order valence-corrected chi connectivity index (χ1v) is 6.59. The number of nitrogens with zero attached hydrogens (tertiary/aromatic N) is 1. The number of thiophene rings is 1. The van der Waals surface area contributed by atoms with Crippen LogP contribution in [0.1, 0.15) is 16.0 Å². The molecule has 0 aliphatic rings. The van der Waals surface area contributed by atoms with E-state index in [4.69, 9.17) is 22.0 Å². The van der Waals surface area contributed by atoms with Crippen LogP contribution in [0.15, 0.2) is 29.6 Å². The Balaban J connectivity index is 2.08. The van der Waals surface area contributed by atoms with E-state index in [2.05, 4.69) is 11.4 Å². The second-order valence-corrected chi connectivity index (χ2v) is 5.14. The summed E-state index contributed by atoms with van der Waals surface area (Å²) in [4.78, 5) is 1.07. The van der Waals surface area contributed by atoms with E-state index < -0.39 is 0 Å². The molecule has 0 spiro atoms. The van der Waals surface area contributed by atoms with Crippen LogP contribution in [0.4, 0.5) is 5.69 Å². The summed E-state index contributed by atoms with van der Waals surface area (Å²) < 4.78 is 0. The normalized spacial score (nSPS) is 10.1. The molecule has 1 aromatic carbocycles. The minimum absolute atomic E-state index is 0.0105.